The summed E-state index contributed by atoms with van der Waals surface area (Å²) >= 11 is 0. The first-order chi connectivity index (χ1) is 10.3. The highest BCUT2D eigenvalue weighted by Gasteiger charge is 2.05. The fourth-order valence-corrected chi connectivity index (χ4v) is 2.31. The lowest BCUT2D eigenvalue weighted by Gasteiger charge is -2.05. The van der Waals surface area contributed by atoms with E-state index in [-0.39, 0.29) is 0 Å². The average Bonchev–Trinajstić information content (AvgIpc) is 2.96. The molecule has 3 rings (SSSR count). The number of rotatable bonds is 4. The van der Waals surface area contributed by atoms with Gasteiger partial charge in [-0.05, 0) is 23.8 Å². The van der Waals surface area contributed by atoms with Crippen LogP contribution in [0.1, 0.15) is 5.56 Å². The molecular formula is C17H17N3O. The van der Waals surface area contributed by atoms with Crippen LogP contribution in [0.15, 0.2) is 60.9 Å². The number of nitrogens with two attached hydrogens (primary N) is 1. The zero-order valence-corrected chi connectivity index (χ0v) is 11.9. The maximum Gasteiger partial charge on any atom is 0.119 e. The molecular weight excluding hydrogens is 262 g/mol. The fraction of sp³-hybridized carbons (Fsp3) is 0.118. The molecule has 0 bridgehead atoms. The van der Waals surface area contributed by atoms with Crippen LogP contribution in [0.2, 0.25) is 0 Å². The van der Waals surface area contributed by atoms with Crippen molar-refractivity contribution in [1.29, 1.82) is 0 Å². The lowest BCUT2D eigenvalue weighted by Crippen LogP contribution is -2.00. The van der Waals surface area contributed by atoms with Gasteiger partial charge < -0.3 is 10.5 Å². The number of nitrogens with zero attached hydrogens (tertiary/aromatic N) is 2. The minimum atomic E-state index is 0.698. The van der Waals surface area contributed by atoms with Gasteiger partial charge in [0.1, 0.15) is 5.75 Å². The van der Waals surface area contributed by atoms with E-state index in [1.807, 2.05) is 59.5 Å². The van der Waals surface area contributed by atoms with Crippen molar-refractivity contribution in [3.63, 3.8) is 0 Å². The number of para-hydroxylation sites is 1. The molecule has 106 valence electrons. The maximum atomic E-state index is 6.00. The standard InChI is InChI=1S/C17H17N3O/c1-21-15-6-4-5-13(9-15)11-20-12-14(10-19-20)16-7-2-3-8-17(16)18/h2-10,12H,11,18H2,1H3. The van der Waals surface area contributed by atoms with Crippen molar-refractivity contribution in [1.82, 2.24) is 9.78 Å². The van der Waals surface area contributed by atoms with E-state index in [1.165, 1.54) is 0 Å². The molecule has 1 heterocycles. The van der Waals surface area contributed by atoms with Gasteiger partial charge in [-0.1, -0.05) is 30.3 Å². The molecule has 0 unspecified atom stereocenters. The van der Waals surface area contributed by atoms with Gasteiger partial charge in [-0.2, -0.15) is 5.10 Å². The molecule has 21 heavy (non-hydrogen) atoms. The third kappa shape index (κ3) is 2.89. The predicted octanol–water partition coefficient (Wildman–Crippen LogP) is 3.19. The Hall–Kier alpha value is -2.75. The molecule has 0 saturated heterocycles. The van der Waals surface area contributed by atoms with Crippen molar-refractivity contribution in [3.8, 4) is 16.9 Å². The van der Waals surface area contributed by atoms with E-state index in [9.17, 15) is 0 Å². The first-order valence-corrected chi connectivity index (χ1v) is 6.76. The minimum Gasteiger partial charge on any atom is -0.497 e. The summed E-state index contributed by atoms with van der Waals surface area (Å²) in [5, 5.41) is 4.40. The van der Waals surface area contributed by atoms with Gasteiger partial charge in [0.15, 0.2) is 0 Å². The second kappa shape index (κ2) is 5.71. The largest absolute Gasteiger partial charge is 0.497 e. The Kier molecular flexibility index (Phi) is 3.60. The Balaban J connectivity index is 1.84. The molecule has 0 aliphatic heterocycles. The van der Waals surface area contributed by atoms with E-state index in [1.54, 1.807) is 7.11 Å². The number of ether oxygens (including phenoxy) is 1. The van der Waals surface area contributed by atoms with Crippen molar-refractivity contribution < 1.29 is 4.74 Å². The molecule has 0 saturated carbocycles. The van der Waals surface area contributed by atoms with Crippen LogP contribution in [0.5, 0.6) is 5.75 Å². The lowest BCUT2D eigenvalue weighted by molar-refractivity contribution is 0.414. The number of hydrogen-bond acceptors (Lipinski definition) is 3. The number of aromatic nitrogens is 2. The molecule has 0 radical (unpaired) electrons. The molecule has 4 nitrogen and oxygen atoms in total. The summed E-state index contributed by atoms with van der Waals surface area (Å²) in [6.07, 6.45) is 3.84. The van der Waals surface area contributed by atoms with Crippen LogP contribution in [0.4, 0.5) is 5.69 Å². The predicted molar refractivity (Wildman–Crippen MR) is 84.2 cm³/mol. The topological polar surface area (TPSA) is 53.1 Å². The average molecular weight is 279 g/mol. The Morgan fingerprint density at radius 2 is 2.00 bits per heavy atom. The summed E-state index contributed by atoms with van der Waals surface area (Å²) in [6.45, 7) is 0.698. The van der Waals surface area contributed by atoms with Gasteiger partial charge in [-0.25, -0.2) is 0 Å². The number of nitrogen functional groups attached to an aromatic ring is 1. The van der Waals surface area contributed by atoms with Crippen LogP contribution in [-0.2, 0) is 6.54 Å². The first-order valence-electron chi connectivity index (χ1n) is 6.76. The van der Waals surface area contributed by atoms with Gasteiger partial charge in [0, 0.05) is 23.0 Å². The Morgan fingerprint density at radius 1 is 1.14 bits per heavy atom. The van der Waals surface area contributed by atoms with Crippen LogP contribution >= 0.6 is 0 Å². The van der Waals surface area contributed by atoms with Crippen LogP contribution in [0.25, 0.3) is 11.1 Å². The number of hydrogen-bond donors (Lipinski definition) is 1. The van der Waals surface area contributed by atoms with Crippen molar-refractivity contribution >= 4 is 5.69 Å². The summed E-state index contributed by atoms with van der Waals surface area (Å²) in [7, 11) is 1.67. The van der Waals surface area contributed by atoms with Crippen LogP contribution in [-0.4, -0.2) is 16.9 Å². The zero-order chi connectivity index (χ0) is 14.7. The molecule has 0 amide bonds. The van der Waals surface area contributed by atoms with Crippen LogP contribution in [0.3, 0.4) is 0 Å². The molecule has 4 heteroatoms. The minimum absolute atomic E-state index is 0.698. The first kappa shape index (κ1) is 13.2. The van der Waals surface area contributed by atoms with Gasteiger partial charge in [-0.15, -0.1) is 0 Å². The summed E-state index contributed by atoms with van der Waals surface area (Å²) < 4.78 is 7.14. The number of methoxy groups -OCH3 is 1. The molecule has 2 aromatic carbocycles. The van der Waals surface area contributed by atoms with Gasteiger partial charge in [0.2, 0.25) is 0 Å². The second-order valence-electron chi connectivity index (χ2n) is 4.87. The van der Waals surface area contributed by atoms with E-state index in [0.717, 1.165) is 28.1 Å². The van der Waals surface area contributed by atoms with Crippen LogP contribution in [0, 0.1) is 0 Å². The molecule has 1 aromatic heterocycles. The molecule has 0 aliphatic rings. The van der Waals surface area contributed by atoms with Crippen molar-refractivity contribution in [3.05, 3.63) is 66.5 Å². The summed E-state index contributed by atoms with van der Waals surface area (Å²) in [5.41, 5.74) is 9.94. The third-order valence-electron chi connectivity index (χ3n) is 3.38. The van der Waals surface area contributed by atoms with E-state index >= 15 is 0 Å². The van der Waals surface area contributed by atoms with Gasteiger partial charge >= 0.3 is 0 Å². The molecule has 0 aliphatic carbocycles. The SMILES string of the molecule is COc1cccc(Cn2cc(-c3ccccc3N)cn2)c1. The molecule has 0 spiro atoms. The summed E-state index contributed by atoms with van der Waals surface area (Å²) in [4.78, 5) is 0. The lowest BCUT2D eigenvalue weighted by atomic mass is 10.1. The molecule has 2 N–H and O–H groups in total. The Morgan fingerprint density at radius 3 is 2.81 bits per heavy atom. The molecule has 0 atom stereocenters. The highest BCUT2D eigenvalue weighted by molar-refractivity contribution is 5.75. The highest BCUT2D eigenvalue weighted by Crippen LogP contribution is 2.25. The molecule has 0 fully saturated rings. The summed E-state index contributed by atoms with van der Waals surface area (Å²) in [5.74, 6) is 0.854. The van der Waals surface area contributed by atoms with Crippen molar-refractivity contribution in [2.75, 3.05) is 12.8 Å². The monoisotopic (exact) mass is 279 g/mol. The number of anilines is 1. The van der Waals surface area contributed by atoms with E-state index < -0.39 is 0 Å². The van der Waals surface area contributed by atoms with Gasteiger partial charge in [0.25, 0.3) is 0 Å². The fourth-order valence-electron chi connectivity index (χ4n) is 2.31. The zero-order valence-electron chi connectivity index (χ0n) is 11.9. The number of benzene rings is 2. The van der Waals surface area contributed by atoms with Crippen molar-refractivity contribution in [2.45, 2.75) is 6.54 Å². The van der Waals surface area contributed by atoms with E-state index in [2.05, 4.69) is 11.2 Å². The van der Waals surface area contributed by atoms with E-state index in [0.29, 0.717) is 6.54 Å². The third-order valence-corrected chi connectivity index (χ3v) is 3.38. The quantitative estimate of drug-likeness (QED) is 0.746. The normalized spacial score (nSPS) is 10.5. The van der Waals surface area contributed by atoms with Crippen LogP contribution < -0.4 is 10.5 Å². The van der Waals surface area contributed by atoms with Crippen molar-refractivity contribution in [2.24, 2.45) is 0 Å². The second-order valence-corrected chi connectivity index (χ2v) is 4.87. The molecule has 3 aromatic rings. The van der Waals surface area contributed by atoms with Gasteiger partial charge in [0.05, 0.1) is 19.9 Å². The Bertz CT molecular complexity index is 749. The maximum absolute atomic E-state index is 6.00. The smallest absolute Gasteiger partial charge is 0.119 e. The van der Waals surface area contributed by atoms with Gasteiger partial charge in [-0.3, -0.25) is 4.68 Å². The van der Waals surface area contributed by atoms with E-state index in [4.69, 9.17) is 10.5 Å². The summed E-state index contributed by atoms with van der Waals surface area (Å²) in [6, 6.07) is 15.8. The highest BCUT2D eigenvalue weighted by atomic mass is 16.5. The Labute approximate surface area is 123 Å².